The van der Waals surface area contributed by atoms with Gasteiger partial charge < -0.3 is 84.6 Å². The maximum absolute atomic E-state index is 13.8. The van der Waals surface area contributed by atoms with E-state index in [9.17, 15) is 78.6 Å². The molecule has 358 valence electrons. The lowest BCUT2D eigenvalue weighted by molar-refractivity contribution is -0.144. The number of carbonyl (C=O) groups excluding carboxylic acids is 9. The molecule has 0 saturated carbocycles. The largest absolute Gasteiger partial charge is 0.480 e. The average Bonchev–Trinajstić information content (AvgIpc) is 3.22. The summed E-state index contributed by atoms with van der Waals surface area (Å²) in [4.78, 5) is 128. The van der Waals surface area contributed by atoms with Gasteiger partial charge in [0.1, 0.15) is 48.3 Å². The number of carbonyl (C=O) groups is 10. The summed E-state index contributed by atoms with van der Waals surface area (Å²) in [6.07, 6.45) is -6.20. The molecule has 64 heavy (non-hydrogen) atoms. The molecule has 0 heterocycles. The van der Waals surface area contributed by atoms with Crippen LogP contribution in [-0.2, 0) is 54.4 Å². The number of aliphatic carboxylic acids is 1. The standard InChI is InChI=1S/C38H60N10O16/c1-16(2)27(38(63)64)45-36(61)30(19(5)53)48-37(62)29(18(4)52)47-34(59)24(15-50)44-35(60)28(17(3)51)46-32(57)21(11-20-9-7-6-8-10-20)42-31(56)22(12-25(40)54)43-33(58)23(14-49)41-26(55)13-39/h6-10,16-19,21-24,27-30,49-53H,11-15,39H2,1-5H3,(H2,40,54)(H,41,55)(H,42,56)(H,43,58)(H,44,60)(H,45,61)(H,46,57)(H,47,59)(H,48,62)(H,63,64)/t17-,18-,19-,21+,22+,23+,24+,27+,28+,29+,30+/m1/s1. The molecule has 1 rings (SSSR count). The van der Waals surface area contributed by atoms with Crippen molar-refractivity contribution in [1.29, 1.82) is 0 Å². The van der Waals surface area contributed by atoms with E-state index in [1.54, 1.807) is 30.3 Å². The molecule has 18 N–H and O–H groups in total. The highest BCUT2D eigenvalue weighted by Gasteiger charge is 2.38. The number of aliphatic hydroxyl groups excluding tert-OH is 5. The lowest BCUT2D eigenvalue weighted by atomic mass is 10.0. The number of aliphatic hydroxyl groups is 5. The monoisotopic (exact) mass is 912 g/mol. The average molecular weight is 913 g/mol. The second kappa shape index (κ2) is 27.0. The van der Waals surface area contributed by atoms with Crippen molar-refractivity contribution in [2.75, 3.05) is 19.8 Å². The van der Waals surface area contributed by atoms with Crippen LogP contribution in [-0.4, -0.2) is 176 Å². The van der Waals surface area contributed by atoms with Crippen molar-refractivity contribution in [2.24, 2.45) is 17.4 Å². The molecule has 11 atom stereocenters. The predicted octanol–water partition coefficient (Wildman–Crippen LogP) is -8.19. The van der Waals surface area contributed by atoms with Gasteiger partial charge in [-0.3, -0.25) is 43.2 Å². The fourth-order valence-corrected chi connectivity index (χ4v) is 5.64. The van der Waals surface area contributed by atoms with Gasteiger partial charge in [0, 0.05) is 6.42 Å². The van der Waals surface area contributed by atoms with Gasteiger partial charge in [0.2, 0.25) is 53.2 Å². The number of carboxylic acid groups (broad SMARTS) is 1. The van der Waals surface area contributed by atoms with E-state index in [-0.39, 0.29) is 6.42 Å². The molecular formula is C38H60N10O16. The maximum Gasteiger partial charge on any atom is 0.326 e. The minimum atomic E-state index is -1.94. The number of amides is 9. The normalized spacial score (nSPS) is 16.2. The van der Waals surface area contributed by atoms with Crippen LogP contribution in [0, 0.1) is 5.92 Å². The zero-order valence-corrected chi connectivity index (χ0v) is 35.8. The summed E-state index contributed by atoms with van der Waals surface area (Å²) < 4.78 is 0. The summed E-state index contributed by atoms with van der Waals surface area (Å²) >= 11 is 0. The van der Waals surface area contributed by atoms with Crippen LogP contribution >= 0.6 is 0 Å². The molecule has 0 aliphatic heterocycles. The van der Waals surface area contributed by atoms with Gasteiger partial charge in [-0.05, 0) is 32.3 Å². The van der Waals surface area contributed by atoms with Crippen molar-refractivity contribution in [2.45, 2.75) is 114 Å². The van der Waals surface area contributed by atoms with Crippen molar-refractivity contribution in [1.82, 2.24) is 42.5 Å². The predicted molar refractivity (Wildman–Crippen MR) is 220 cm³/mol. The SMILES string of the molecule is CC(C)[C@H](NC(=O)[C@@H](NC(=O)[C@@H](NC(=O)[C@H](CO)NC(=O)[C@@H](NC(=O)[C@H](Cc1ccccc1)NC(=O)[C@H](CC(N)=O)NC(=O)[C@H](CO)NC(=O)CN)[C@@H](C)O)[C@@H](C)O)[C@@H](C)O)C(=O)O. The van der Waals surface area contributed by atoms with Crippen LogP contribution in [0.4, 0.5) is 0 Å². The Balaban J connectivity index is 3.33. The number of carboxylic acids is 1. The smallest absolute Gasteiger partial charge is 0.326 e. The Morgan fingerprint density at radius 2 is 0.875 bits per heavy atom. The third kappa shape index (κ3) is 18.2. The number of nitrogens with one attached hydrogen (secondary N) is 8. The molecule has 26 nitrogen and oxygen atoms in total. The van der Waals surface area contributed by atoms with Gasteiger partial charge in [-0.2, -0.15) is 0 Å². The topological polar surface area (TPSA) is 440 Å². The molecule has 0 aromatic heterocycles. The number of primary amides is 1. The maximum atomic E-state index is 13.8. The van der Waals surface area contributed by atoms with Gasteiger partial charge in [0.25, 0.3) is 0 Å². The van der Waals surface area contributed by atoms with E-state index in [1.807, 2.05) is 0 Å². The van der Waals surface area contributed by atoms with Gasteiger partial charge >= 0.3 is 5.97 Å². The molecule has 1 aromatic rings. The van der Waals surface area contributed by atoms with Crippen molar-refractivity contribution in [3.05, 3.63) is 35.9 Å². The fraction of sp³-hybridized carbons (Fsp3) is 0.579. The molecule has 0 bridgehead atoms. The molecule has 0 unspecified atom stereocenters. The minimum Gasteiger partial charge on any atom is -0.480 e. The van der Waals surface area contributed by atoms with E-state index in [0.29, 0.717) is 5.56 Å². The molecule has 0 saturated heterocycles. The first-order chi connectivity index (χ1) is 29.9. The number of hydrogen-bond donors (Lipinski definition) is 16. The molecular weight excluding hydrogens is 852 g/mol. The first-order valence-electron chi connectivity index (χ1n) is 19.8. The summed E-state index contributed by atoms with van der Waals surface area (Å²) in [5.41, 5.74) is 11.0. The lowest BCUT2D eigenvalue weighted by Crippen LogP contribution is -2.64. The highest BCUT2D eigenvalue weighted by Crippen LogP contribution is 2.08. The van der Waals surface area contributed by atoms with Crippen LogP contribution in [0.3, 0.4) is 0 Å². The van der Waals surface area contributed by atoms with Crippen molar-refractivity contribution in [3.63, 3.8) is 0 Å². The van der Waals surface area contributed by atoms with Crippen molar-refractivity contribution >= 4 is 59.1 Å². The Hall–Kier alpha value is -6.32. The Labute approximate surface area is 367 Å². The van der Waals surface area contributed by atoms with Crippen molar-refractivity contribution < 1.29 is 78.6 Å². The summed E-state index contributed by atoms with van der Waals surface area (Å²) in [6.45, 7) is 3.54. The molecule has 1 aromatic carbocycles. The highest BCUT2D eigenvalue weighted by molar-refractivity contribution is 5.99. The molecule has 0 aliphatic carbocycles. The molecule has 0 aliphatic rings. The van der Waals surface area contributed by atoms with Crippen LogP contribution in [0.5, 0.6) is 0 Å². The fourth-order valence-electron chi connectivity index (χ4n) is 5.64. The Morgan fingerprint density at radius 3 is 1.28 bits per heavy atom. The van der Waals surface area contributed by atoms with E-state index in [0.717, 1.165) is 20.8 Å². The number of nitrogens with two attached hydrogens (primary N) is 2. The van der Waals surface area contributed by atoms with E-state index < -0.39 is 158 Å². The van der Waals surface area contributed by atoms with Gasteiger partial charge in [0.05, 0.1) is 44.5 Å². The summed E-state index contributed by atoms with van der Waals surface area (Å²) in [5.74, 6) is -12.4. The quantitative estimate of drug-likeness (QED) is 0.0390. The zero-order chi connectivity index (χ0) is 49.0. The van der Waals surface area contributed by atoms with E-state index >= 15 is 0 Å². The van der Waals surface area contributed by atoms with Crippen LogP contribution in [0.25, 0.3) is 0 Å². The van der Waals surface area contributed by atoms with Crippen LogP contribution < -0.4 is 54.0 Å². The molecule has 9 amide bonds. The van der Waals surface area contributed by atoms with Gasteiger partial charge in [-0.15, -0.1) is 0 Å². The third-order valence-corrected chi connectivity index (χ3v) is 9.21. The van der Waals surface area contributed by atoms with Crippen LogP contribution in [0.2, 0.25) is 0 Å². The van der Waals surface area contributed by atoms with E-state index in [4.69, 9.17) is 11.5 Å². The first kappa shape index (κ1) is 55.7. The zero-order valence-electron chi connectivity index (χ0n) is 35.8. The summed E-state index contributed by atoms with van der Waals surface area (Å²) in [6, 6.07) is -6.04. The number of benzene rings is 1. The second-order valence-electron chi connectivity index (χ2n) is 15.0. The minimum absolute atomic E-state index is 0.296. The van der Waals surface area contributed by atoms with Gasteiger partial charge in [-0.1, -0.05) is 44.2 Å². The lowest BCUT2D eigenvalue weighted by Gasteiger charge is -2.29. The highest BCUT2D eigenvalue weighted by atomic mass is 16.4. The molecule has 0 fully saturated rings. The Bertz CT molecular complexity index is 1800. The van der Waals surface area contributed by atoms with Crippen LogP contribution in [0.15, 0.2) is 30.3 Å². The first-order valence-corrected chi connectivity index (χ1v) is 19.8. The molecule has 0 radical (unpaired) electrons. The van der Waals surface area contributed by atoms with Crippen molar-refractivity contribution in [3.8, 4) is 0 Å². The van der Waals surface area contributed by atoms with Gasteiger partial charge in [0.15, 0.2) is 0 Å². The molecule has 26 heteroatoms. The molecule has 0 spiro atoms. The van der Waals surface area contributed by atoms with Crippen LogP contribution in [0.1, 0.15) is 46.6 Å². The third-order valence-electron chi connectivity index (χ3n) is 9.21. The summed E-state index contributed by atoms with van der Waals surface area (Å²) in [5, 5.41) is 77.6. The van der Waals surface area contributed by atoms with Gasteiger partial charge in [-0.25, -0.2) is 4.79 Å². The number of rotatable bonds is 27. The Morgan fingerprint density at radius 1 is 0.516 bits per heavy atom. The van der Waals surface area contributed by atoms with E-state index in [2.05, 4.69) is 42.5 Å². The second-order valence-corrected chi connectivity index (χ2v) is 15.0. The number of hydrogen-bond acceptors (Lipinski definition) is 16. The van der Waals surface area contributed by atoms with E-state index in [1.165, 1.54) is 13.8 Å². The Kier molecular flexibility index (Phi) is 23.5. The summed E-state index contributed by atoms with van der Waals surface area (Å²) in [7, 11) is 0.